The molecule has 2 N–H and O–H groups in total. The van der Waals surface area contributed by atoms with Gasteiger partial charge in [-0.05, 0) is 42.5 Å². The van der Waals surface area contributed by atoms with Gasteiger partial charge in [-0.25, -0.2) is 0 Å². The standard InChI is InChI=1S/C18H18IN7O5/c1-10-15(19)11(2)25(23-10)9-14-22-18(31-24-14)17(28)21-8-7-20-16(27)12-5-3-4-6-13(12)26(29)30/h3-6H,7-9H2,1-2H3,(H,20,27)(H,21,28). The summed E-state index contributed by atoms with van der Waals surface area (Å²) in [6, 6.07) is 5.61. The van der Waals surface area contributed by atoms with Crippen molar-refractivity contribution in [1.82, 2.24) is 30.6 Å². The van der Waals surface area contributed by atoms with E-state index in [1.807, 2.05) is 13.8 Å². The molecule has 12 nitrogen and oxygen atoms in total. The first-order valence-corrected chi connectivity index (χ1v) is 10.2. The number of rotatable bonds is 8. The fourth-order valence-electron chi connectivity index (χ4n) is 2.72. The Balaban J connectivity index is 1.50. The van der Waals surface area contributed by atoms with Crippen LogP contribution in [0.3, 0.4) is 0 Å². The highest BCUT2D eigenvalue weighted by Gasteiger charge is 2.19. The van der Waals surface area contributed by atoms with Crippen molar-refractivity contribution in [3.63, 3.8) is 0 Å². The van der Waals surface area contributed by atoms with Crippen molar-refractivity contribution in [1.29, 1.82) is 0 Å². The van der Waals surface area contributed by atoms with Crippen LogP contribution in [0.4, 0.5) is 5.69 Å². The fourth-order valence-corrected chi connectivity index (χ4v) is 3.11. The van der Waals surface area contributed by atoms with Crippen LogP contribution >= 0.6 is 22.6 Å². The maximum Gasteiger partial charge on any atom is 0.316 e. The average Bonchev–Trinajstić information content (AvgIpc) is 3.31. The fraction of sp³-hybridized carbons (Fsp3) is 0.278. The van der Waals surface area contributed by atoms with Crippen molar-refractivity contribution < 1.29 is 19.0 Å². The van der Waals surface area contributed by atoms with Crippen LogP contribution in [0.2, 0.25) is 0 Å². The lowest BCUT2D eigenvalue weighted by atomic mass is 10.1. The molecule has 162 valence electrons. The number of benzene rings is 1. The van der Waals surface area contributed by atoms with Gasteiger partial charge in [0.2, 0.25) is 0 Å². The van der Waals surface area contributed by atoms with E-state index in [0.29, 0.717) is 5.82 Å². The number of carbonyl (C=O) groups excluding carboxylic acids is 2. The van der Waals surface area contributed by atoms with Gasteiger partial charge < -0.3 is 15.2 Å². The highest BCUT2D eigenvalue weighted by atomic mass is 127. The first kappa shape index (κ1) is 22.3. The van der Waals surface area contributed by atoms with Crippen LogP contribution in [0, 0.1) is 27.5 Å². The van der Waals surface area contributed by atoms with Crippen molar-refractivity contribution in [2.24, 2.45) is 0 Å². The summed E-state index contributed by atoms with van der Waals surface area (Å²) in [6.07, 6.45) is 0. The van der Waals surface area contributed by atoms with E-state index in [4.69, 9.17) is 4.52 Å². The van der Waals surface area contributed by atoms with Gasteiger partial charge >= 0.3 is 11.8 Å². The molecule has 0 aliphatic heterocycles. The quantitative estimate of drug-likeness (QED) is 0.189. The Morgan fingerprint density at radius 1 is 1.19 bits per heavy atom. The summed E-state index contributed by atoms with van der Waals surface area (Å²) in [5, 5.41) is 24.2. The van der Waals surface area contributed by atoms with Gasteiger partial charge in [0, 0.05) is 24.8 Å². The summed E-state index contributed by atoms with van der Waals surface area (Å²) in [6.45, 7) is 4.21. The number of nitro groups is 1. The number of halogens is 1. The lowest BCUT2D eigenvalue weighted by molar-refractivity contribution is -0.385. The number of hydrogen-bond donors (Lipinski definition) is 2. The van der Waals surface area contributed by atoms with Crippen LogP contribution < -0.4 is 10.6 Å². The summed E-state index contributed by atoms with van der Waals surface area (Å²) >= 11 is 2.21. The number of aromatic nitrogens is 4. The smallest absolute Gasteiger partial charge is 0.316 e. The van der Waals surface area contributed by atoms with Crippen LogP contribution in [0.25, 0.3) is 0 Å². The SMILES string of the molecule is Cc1nn(Cc2noc(C(=O)NCCNC(=O)c3ccccc3[N+](=O)[O-])n2)c(C)c1I. The molecule has 0 unspecified atom stereocenters. The van der Waals surface area contributed by atoms with E-state index in [1.54, 1.807) is 4.68 Å². The van der Waals surface area contributed by atoms with Crippen LogP contribution in [-0.4, -0.2) is 49.7 Å². The Hall–Kier alpha value is -3.36. The third-order valence-corrected chi connectivity index (χ3v) is 5.85. The van der Waals surface area contributed by atoms with Gasteiger partial charge in [0.05, 0.1) is 14.2 Å². The molecule has 0 atom stereocenters. The van der Waals surface area contributed by atoms with Gasteiger partial charge in [-0.1, -0.05) is 17.3 Å². The molecule has 0 aliphatic carbocycles. The van der Waals surface area contributed by atoms with E-state index in [2.05, 4.69) is 48.5 Å². The number of para-hydroxylation sites is 1. The summed E-state index contributed by atoms with van der Waals surface area (Å²) < 4.78 is 7.75. The van der Waals surface area contributed by atoms with Crippen molar-refractivity contribution in [2.75, 3.05) is 13.1 Å². The molecule has 3 aromatic rings. The Morgan fingerprint density at radius 3 is 2.52 bits per heavy atom. The molecule has 13 heteroatoms. The van der Waals surface area contributed by atoms with Crippen molar-refractivity contribution in [2.45, 2.75) is 20.4 Å². The molecule has 2 aromatic heterocycles. The number of amides is 2. The predicted octanol–water partition coefficient (Wildman–Crippen LogP) is 1.60. The van der Waals surface area contributed by atoms with Crippen LogP contribution in [0.1, 0.15) is 38.3 Å². The zero-order valence-electron chi connectivity index (χ0n) is 16.6. The maximum absolute atomic E-state index is 12.2. The molecule has 1 aromatic carbocycles. The second-order valence-corrected chi connectivity index (χ2v) is 7.52. The van der Waals surface area contributed by atoms with E-state index in [0.717, 1.165) is 15.0 Å². The van der Waals surface area contributed by atoms with Gasteiger partial charge in [0.15, 0.2) is 5.82 Å². The van der Waals surface area contributed by atoms with E-state index in [1.165, 1.54) is 24.3 Å². The molecule has 0 radical (unpaired) electrons. The van der Waals surface area contributed by atoms with Gasteiger partial charge in [-0.15, -0.1) is 0 Å². The number of hydrogen-bond acceptors (Lipinski definition) is 8. The van der Waals surface area contributed by atoms with Crippen molar-refractivity contribution in [3.8, 4) is 0 Å². The highest BCUT2D eigenvalue weighted by Crippen LogP contribution is 2.17. The van der Waals surface area contributed by atoms with E-state index in [9.17, 15) is 19.7 Å². The minimum absolute atomic E-state index is 0.0563. The molecule has 2 amide bonds. The molecule has 0 spiro atoms. The maximum atomic E-state index is 12.2. The number of carbonyl (C=O) groups is 2. The molecular formula is C18H18IN7O5. The van der Waals surface area contributed by atoms with Crippen molar-refractivity contribution >= 4 is 40.1 Å². The van der Waals surface area contributed by atoms with Crippen LogP contribution in [0.5, 0.6) is 0 Å². The zero-order valence-corrected chi connectivity index (χ0v) is 18.7. The lowest BCUT2D eigenvalue weighted by Gasteiger charge is -2.06. The Kier molecular flexibility index (Phi) is 6.94. The largest absolute Gasteiger partial charge is 0.350 e. The van der Waals surface area contributed by atoms with Gasteiger partial charge in [0.1, 0.15) is 12.1 Å². The average molecular weight is 539 g/mol. The second-order valence-electron chi connectivity index (χ2n) is 6.44. The summed E-state index contributed by atoms with van der Waals surface area (Å²) in [5.41, 5.74) is 1.50. The molecule has 0 saturated heterocycles. The lowest BCUT2D eigenvalue weighted by Crippen LogP contribution is -2.35. The van der Waals surface area contributed by atoms with E-state index < -0.39 is 16.7 Å². The molecule has 2 heterocycles. The molecule has 0 fully saturated rings. The number of nitrogens with zero attached hydrogens (tertiary/aromatic N) is 5. The molecule has 0 aliphatic rings. The minimum Gasteiger partial charge on any atom is -0.350 e. The third kappa shape index (κ3) is 5.22. The summed E-state index contributed by atoms with van der Waals surface area (Å²) in [7, 11) is 0. The van der Waals surface area contributed by atoms with Gasteiger partial charge in [-0.3, -0.25) is 24.4 Å². The topological polar surface area (TPSA) is 158 Å². The Labute approximate surface area is 189 Å². The second kappa shape index (κ2) is 9.63. The summed E-state index contributed by atoms with van der Waals surface area (Å²) in [4.78, 5) is 38.7. The van der Waals surface area contributed by atoms with Crippen LogP contribution in [0.15, 0.2) is 28.8 Å². The van der Waals surface area contributed by atoms with Gasteiger partial charge in [-0.2, -0.15) is 10.1 Å². The number of nitrogens with one attached hydrogen (secondary N) is 2. The van der Waals surface area contributed by atoms with Gasteiger partial charge in [0.25, 0.3) is 11.6 Å². The van der Waals surface area contributed by atoms with E-state index in [-0.39, 0.29) is 36.8 Å². The third-order valence-electron chi connectivity index (χ3n) is 4.29. The monoisotopic (exact) mass is 539 g/mol. The first-order chi connectivity index (χ1) is 14.8. The predicted molar refractivity (Wildman–Crippen MR) is 116 cm³/mol. The normalized spacial score (nSPS) is 10.7. The highest BCUT2D eigenvalue weighted by molar-refractivity contribution is 14.1. The molecule has 31 heavy (non-hydrogen) atoms. The first-order valence-electron chi connectivity index (χ1n) is 9.09. The number of aryl methyl sites for hydroxylation is 1. The summed E-state index contributed by atoms with van der Waals surface area (Å²) in [5.74, 6) is -1.11. The number of nitro benzene ring substituents is 1. The molecule has 0 saturated carbocycles. The Morgan fingerprint density at radius 2 is 1.87 bits per heavy atom. The van der Waals surface area contributed by atoms with E-state index >= 15 is 0 Å². The van der Waals surface area contributed by atoms with Crippen LogP contribution in [-0.2, 0) is 6.54 Å². The molecule has 0 bridgehead atoms. The minimum atomic E-state index is -0.628. The Bertz CT molecular complexity index is 1140. The molecule has 3 rings (SSSR count). The zero-order chi connectivity index (χ0) is 22.5. The molecular weight excluding hydrogens is 521 g/mol. The van der Waals surface area contributed by atoms with Crippen molar-refractivity contribution in [3.05, 3.63) is 66.6 Å².